The summed E-state index contributed by atoms with van der Waals surface area (Å²) in [6, 6.07) is 6.68. The van der Waals surface area contributed by atoms with Gasteiger partial charge < -0.3 is 15.2 Å². The van der Waals surface area contributed by atoms with Gasteiger partial charge in [-0.2, -0.15) is 4.39 Å². The first-order chi connectivity index (χ1) is 16.3. The number of nitrogens with two attached hydrogens (primary N) is 1. The quantitative estimate of drug-likeness (QED) is 0.683. The van der Waals surface area contributed by atoms with Crippen LogP contribution in [-0.4, -0.2) is 30.2 Å². The second-order valence-electron chi connectivity index (χ2n) is 8.77. The molecule has 0 unspecified atom stereocenters. The van der Waals surface area contributed by atoms with Crippen LogP contribution in [0.4, 0.5) is 4.39 Å². The number of pyridine rings is 1. The standard InChI is InChI=1S/C24H27ClFN3O2/c1-3-30-20-6-7-23(10-14(20)2)11-16-5-4-15(18-9-17(25)12-28-21(18)26)8-19(16)24(23)13-31-22(27)29-24/h4-5,8-9,12,14,20H,3,6-7,10-11,13H2,1-2H3,(H2,27,29)/t14-,20-,23-,24+/m1/s1/i3D2,13D2. The molecular weight excluding hydrogens is 417 g/mol. The van der Waals surface area contributed by atoms with Crippen LogP contribution in [0, 0.1) is 17.3 Å². The fraction of sp³-hybridized carbons (Fsp3) is 0.500. The molecule has 4 atom stereocenters. The maximum atomic E-state index is 14.6. The molecule has 7 heteroatoms. The van der Waals surface area contributed by atoms with Crippen molar-refractivity contribution in [1.29, 1.82) is 0 Å². The van der Waals surface area contributed by atoms with E-state index < -0.39 is 30.0 Å². The first-order valence-corrected chi connectivity index (χ1v) is 10.8. The van der Waals surface area contributed by atoms with Crippen LogP contribution < -0.4 is 5.73 Å². The molecule has 0 bridgehead atoms. The van der Waals surface area contributed by atoms with Crippen LogP contribution in [0.3, 0.4) is 0 Å². The van der Waals surface area contributed by atoms with Gasteiger partial charge in [0.05, 0.1) is 16.6 Å². The summed E-state index contributed by atoms with van der Waals surface area (Å²) in [4.78, 5) is 8.37. The number of halogens is 2. The molecule has 164 valence electrons. The molecule has 1 aromatic heterocycles. The van der Waals surface area contributed by atoms with E-state index in [-0.39, 0.29) is 28.6 Å². The Morgan fingerprint density at radius 2 is 2.29 bits per heavy atom. The monoisotopic (exact) mass is 447 g/mol. The highest BCUT2D eigenvalue weighted by molar-refractivity contribution is 6.30. The van der Waals surface area contributed by atoms with Gasteiger partial charge in [-0.1, -0.05) is 30.7 Å². The summed E-state index contributed by atoms with van der Waals surface area (Å²) in [6.07, 6.45) is 3.07. The molecule has 1 aromatic carbocycles. The number of fused-ring (bicyclic) bond motifs is 3. The molecule has 1 fully saturated rings. The van der Waals surface area contributed by atoms with Gasteiger partial charge in [0.15, 0.2) is 0 Å². The number of rotatable bonds is 3. The molecule has 3 aliphatic rings. The molecule has 5 nitrogen and oxygen atoms in total. The zero-order valence-corrected chi connectivity index (χ0v) is 18.2. The second kappa shape index (κ2) is 7.45. The van der Waals surface area contributed by atoms with Crippen molar-refractivity contribution in [3.63, 3.8) is 0 Å². The number of aliphatic imine (C=N–C) groups is 1. The Kier molecular flexibility index (Phi) is 3.96. The first-order valence-electron chi connectivity index (χ1n) is 12.4. The average Bonchev–Trinajstić information content (AvgIpc) is 3.15. The molecule has 1 saturated carbocycles. The molecule has 0 saturated heterocycles. The largest absolute Gasteiger partial charge is 0.462 e. The average molecular weight is 448 g/mol. The van der Waals surface area contributed by atoms with Crippen molar-refractivity contribution in [2.24, 2.45) is 22.1 Å². The predicted molar refractivity (Wildman–Crippen MR) is 118 cm³/mol. The molecule has 2 heterocycles. The van der Waals surface area contributed by atoms with E-state index in [4.69, 9.17) is 32.3 Å². The van der Waals surface area contributed by atoms with Gasteiger partial charge in [0.2, 0.25) is 5.95 Å². The summed E-state index contributed by atoms with van der Waals surface area (Å²) in [5, 5.41) is 0.290. The van der Waals surface area contributed by atoms with Crippen molar-refractivity contribution >= 4 is 17.6 Å². The van der Waals surface area contributed by atoms with Gasteiger partial charge in [-0.15, -0.1) is 0 Å². The van der Waals surface area contributed by atoms with Crippen LogP contribution in [-0.2, 0) is 21.4 Å². The molecule has 0 amide bonds. The van der Waals surface area contributed by atoms with Gasteiger partial charge in [-0.05, 0) is 67.3 Å². The van der Waals surface area contributed by atoms with Gasteiger partial charge >= 0.3 is 0 Å². The number of aromatic nitrogens is 1. The first kappa shape index (κ1) is 16.5. The van der Waals surface area contributed by atoms with E-state index in [1.807, 2.05) is 13.0 Å². The van der Waals surface area contributed by atoms with Gasteiger partial charge in [0.1, 0.15) is 12.1 Å². The third kappa shape index (κ3) is 3.14. The normalized spacial score (nSPS) is 35.7. The van der Waals surface area contributed by atoms with Crippen LogP contribution in [0.2, 0.25) is 5.02 Å². The highest BCUT2D eigenvalue weighted by atomic mass is 35.5. The van der Waals surface area contributed by atoms with Crippen molar-refractivity contribution < 1.29 is 19.3 Å². The van der Waals surface area contributed by atoms with Gasteiger partial charge in [-0.3, -0.25) is 0 Å². The highest BCUT2D eigenvalue weighted by Gasteiger charge is 2.62. The minimum Gasteiger partial charge on any atom is -0.462 e. The van der Waals surface area contributed by atoms with E-state index in [2.05, 4.69) is 9.98 Å². The fourth-order valence-electron chi connectivity index (χ4n) is 5.69. The molecule has 2 aromatic rings. The van der Waals surface area contributed by atoms with E-state index >= 15 is 0 Å². The Labute approximate surface area is 192 Å². The van der Waals surface area contributed by atoms with Crippen molar-refractivity contribution in [2.75, 3.05) is 13.1 Å². The SMILES string of the molecule is [2H]C([2H])(C)O[C@@H]1CC[C@]2(Cc3ccc(-c4cc(Cl)cnc4F)cc3[C@]23N=C(N)OC3([2H])[2H])C[C@H]1C. The number of nitrogens with zero attached hydrogens (tertiary/aromatic N) is 2. The zero-order valence-electron chi connectivity index (χ0n) is 21.4. The van der Waals surface area contributed by atoms with Crippen molar-refractivity contribution in [3.05, 3.63) is 52.6 Å². The van der Waals surface area contributed by atoms with Crippen LogP contribution >= 0.6 is 11.6 Å². The Morgan fingerprint density at radius 1 is 1.45 bits per heavy atom. The van der Waals surface area contributed by atoms with Crippen LogP contribution in [0.1, 0.15) is 49.7 Å². The number of benzene rings is 1. The predicted octanol–water partition coefficient (Wildman–Crippen LogP) is 4.85. The molecule has 1 aliphatic heterocycles. The third-order valence-corrected chi connectivity index (χ3v) is 7.22. The summed E-state index contributed by atoms with van der Waals surface area (Å²) in [5.74, 6) is -0.739. The van der Waals surface area contributed by atoms with E-state index in [0.29, 0.717) is 36.8 Å². The molecule has 2 spiro atoms. The lowest BCUT2D eigenvalue weighted by molar-refractivity contribution is -0.0588. The summed E-state index contributed by atoms with van der Waals surface area (Å²) >= 11 is 6.07. The second-order valence-corrected chi connectivity index (χ2v) is 9.20. The Balaban J connectivity index is 1.64. The number of ether oxygens (including phenoxy) is 2. The maximum absolute atomic E-state index is 14.6. The van der Waals surface area contributed by atoms with Gasteiger partial charge in [-0.25, -0.2) is 9.98 Å². The summed E-state index contributed by atoms with van der Waals surface area (Å²) in [6.45, 7) is -0.627. The van der Waals surface area contributed by atoms with E-state index in [1.54, 1.807) is 12.1 Å². The topological polar surface area (TPSA) is 69.7 Å². The van der Waals surface area contributed by atoms with Gasteiger partial charge in [0.25, 0.3) is 6.02 Å². The fourth-order valence-corrected chi connectivity index (χ4v) is 5.84. The molecule has 2 aliphatic carbocycles. The molecular formula is C24H27ClFN3O2. The van der Waals surface area contributed by atoms with Crippen LogP contribution in [0.25, 0.3) is 11.1 Å². The highest BCUT2D eigenvalue weighted by Crippen LogP contribution is 2.62. The number of hydrogen-bond donors (Lipinski definition) is 1. The molecule has 0 radical (unpaired) electrons. The Bertz CT molecular complexity index is 1220. The Hall–Kier alpha value is -2.18. The van der Waals surface area contributed by atoms with E-state index in [0.717, 1.165) is 5.56 Å². The lowest BCUT2D eigenvalue weighted by Gasteiger charge is -2.48. The van der Waals surface area contributed by atoms with Crippen molar-refractivity contribution in [3.8, 4) is 11.1 Å². The maximum Gasteiger partial charge on any atom is 0.283 e. The lowest BCUT2D eigenvalue weighted by Crippen LogP contribution is -2.48. The Morgan fingerprint density at radius 3 is 3.00 bits per heavy atom. The van der Waals surface area contributed by atoms with E-state index in [1.165, 1.54) is 19.2 Å². The van der Waals surface area contributed by atoms with Crippen LogP contribution in [0.5, 0.6) is 0 Å². The summed E-state index contributed by atoms with van der Waals surface area (Å²) in [7, 11) is 0. The molecule has 5 rings (SSSR count). The minimum atomic E-state index is -2.24. The number of amidine groups is 1. The molecule has 2 N–H and O–H groups in total. The minimum absolute atomic E-state index is 0.0631. The lowest BCUT2D eigenvalue weighted by atomic mass is 9.59. The molecule has 31 heavy (non-hydrogen) atoms. The zero-order chi connectivity index (χ0) is 25.4. The van der Waals surface area contributed by atoms with E-state index in [9.17, 15) is 4.39 Å². The number of hydrogen-bond acceptors (Lipinski definition) is 5. The summed E-state index contributed by atoms with van der Waals surface area (Å²) in [5.41, 5.74) is 6.08. The van der Waals surface area contributed by atoms with Crippen LogP contribution in [0.15, 0.2) is 35.5 Å². The van der Waals surface area contributed by atoms with Gasteiger partial charge in [0, 0.05) is 23.7 Å². The van der Waals surface area contributed by atoms with Crippen molar-refractivity contribution in [1.82, 2.24) is 4.98 Å². The summed E-state index contributed by atoms with van der Waals surface area (Å²) < 4.78 is 59.3. The smallest absolute Gasteiger partial charge is 0.283 e. The van der Waals surface area contributed by atoms with Crippen molar-refractivity contribution in [2.45, 2.75) is 51.2 Å². The third-order valence-electron chi connectivity index (χ3n) is 7.02.